The van der Waals surface area contributed by atoms with E-state index in [-0.39, 0.29) is 6.04 Å². The molecule has 0 saturated heterocycles. The quantitative estimate of drug-likeness (QED) is 0.681. The molecule has 1 aromatic heterocycles. The molecule has 0 saturated carbocycles. The van der Waals surface area contributed by atoms with Crippen LogP contribution in [-0.2, 0) is 4.84 Å². The second kappa shape index (κ2) is 4.79. The Hall–Kier alpha value is -1.00. The molecule has 66 valence electrons. The number of hydrogen-bond acceptors (Lipinski definition) is 4. The first-order valence-electron chi connectivity index (χ1n) is 3.97. The van der Waals surface area contributed by atoms with E-state index in [1.54, 1.807) is 18.6 Å². The van der Waals surface area contributed by atoms with Crippen LogP contribution < -0.4 is 5.48 Å². The summed E-state index contributed by atoms with van der Waals surface area (Å²) < 4.78 is 0. The van der Waals surface area contributed by atoms with Crippen molar-refractivity contribution in [2.24, 2.45) is 0 Å². The van der Waals surface area contributed by atoms with E-state index >= 15 is 0 Å². The largest absolute Gasteiger partial charge is 0.301 e. The van der Waals surface area contributed by atoms with Crippen LogP contribution in [0.1, 0.15) is 25.6 Å². The van der Waals surface area contributed by atoms with Crippen LogP contribution in [0.15, 0.2) is 18.6 Å². The summed E-state index contributed by atoms with van der Waals surface area (Å²) >= 11 is 0. The van der Waals surface area contributed by atoms with Crippen molar-refractivity contribution in [2.75, 3.05) is 6.61 Å². The van der Waals surface area contributed by atoms with Gasteiger partial charge in [-0.15, -0.1) is 0 Å². The van der Waals surface area contributed by atoms with Crippen molar-refractivity contribution in [2.45, 2.75) is 19.9 Å². The highest BCUT2D eigenvalue weighted by Gasteiger charge is 2.04. The summed E-state index contributed by atoms with van der Waals surface area (Å²) in [7, 11) is 0. The molecule has 0 aromatic carbocycles. The van der Waals surface area contributed by atoms with Gasteiger partial charge in [-0.25, -0.2) is 0 Å². The molecule has 1 atom stereocenters. The lowest BCUT2D eigenvalue weighted by Crippen LogP contribution is -2.19. The minimum absolute atomic E-state index is 0.0821. The van der Waals surface area contributed by atoms with E-state index in [1.807, 2.05) is 13.8 Å². The maximum Gasteiger partial charge on any atom is 0.0776 e. The lowest BCUT2D eigenvalue weighted by atomic mass is 10.3. The number of rotatable bonds is 4. The summed E-state index contributed by atoms with van der Waals surface area (Å²) in [4.78, 5) is 13.1. The van der Waals surface area contributed by atoms with Gasteiger partial charge >= 0.3 is 0 Å². The molecule has 1 heterocycles. The standard InChI is InChI=1S/C8H13N3O/c1-3-12-11-7(2)8-6-9-4-5-10-8/h4-7,11H,3H2,1-2H3. The summed E-state index contributed by atoms with van der Waals surface area (Å²) in [5.41, 5.74) is 3.73. The summed E-state index contributed by atoms with van der Waals surface area (Å²) in [6.07, 6.45) is 5.03. The van der Waals surface area contributed by atoms with Crippen molar-refractivity contribution in [3.63, 3.8) is 0 Å². The van der Waals surface area contributed by atoms with Gasteiger partial charge in [-0.3, -0.25) is 9.97 Å². The maximum atomic E-state index is 5.03. The first-order valence-corrected chi connectivity index (χ1v) is 3.97. The molecule has 1 N–H and O–H groups in total. The highest BCUT2D eigenvalue weighted by Crippen LogP contribution is 2.05. The number of nitrogens with zero attached hydrogens (tertiary/aromatic N) is 2. The molecular formula is C8H13N3O. The molecule has 4 nitrogen and oxygen atoms in total. The van der Waals surface area contributed by atoms with Crippen LogP contribution in [0.5, 0.6) is 0 Å². The Morgan fingerprint density at radius 2 is 2.42 bits per heavy atom. The highest BCUT2D eigenvalue weighted by molar-refractivity contribution is 4.99. The van der Waals surface area contributed by atoms with Crippen molar-refractivity contribution in [1.29, 1.82) is 0 Å². The van der Waals surface area contributed by atoms with E-state index in [1.165, 1.54) is 0 Å². The van der Waals surface area contributed by atoms with Gasteiger partial charge in [0, 0.05) is 12.4 Å². The monoisotopic (exact) mass is 167 g/mol. The Morgan fingerprint density at radius 3 is 3.00 bits per heavy atom. The normalized spacial score (nSPS) is 12.8. The van der Waals surface area contributed by atoms with E-state index in [9.17, 15) is 0 Å². The van der Waals surface area contributed by atoms with Crippen molar-refractivity contribution in [3.8, 4) is 0 Å². The lowest BCUT2D eigenvalue weighted by molar-refractivity contribution is 0.0274. The Kier molecular flexibility index (Phi) is 3.63. The van der Waals surface area contributed by atoms with Crippen LogP contribution in [0.3, 0.4) is 0 Å². The number of aromatic nitrogens is 2. The Labute approximate surface area is 71.9 Å². The predicted octanol–water partition coefficient (Wildman–Crippen LogP) is 1.08. The van der Waals surface area contributed by atoms with Crippen molar-refractivity contribution in [1.82, 2.24) is 15.4 Å². The summed E-state index contributed by atoms with van der Waals surface area (Å²) in [6.45, 7) is 4.54. The first kappa shape index (κ1) is 9.09. The van der Waals surface area contributed by atoms with Crippen molar-refractivity contribution < 1.29 is 4.84 Å². The third kappa shape index (κ3) is 2.56. The van der Waals surface area contributed by atoms with Gasteiger partial charge in [-0.05, 0) is 13.8 Å². The van der Waals surface area contributed by atoms with Crippen LogP contribution in [0, 0.1) is 0 Å². The fourth-order valence-corrected chi connectivity index (χ4v) is 0.803. The molecule has 1 rings (SSSR count). The van der Waals surface area contributed by atoms with E-state index in [0.717, 1.165) is 5.69 Å². The smallest absolute Gasteiger partial charge is 0.0776 e. The van der Waals surface area contributed by atoms with Gasteiger partial charge in [0.2, 0.25) is 0 Å². The molecule has 0 fully saturated rings. The zero-order valence-electron chi connectivity index (χ0n) is 7.32. The Morgan fingerprint density at radius 1 is 1.58 bits per heavy atom. The molecule has 4 heteroatoms. The van der Waals surface area contributed by atoms with Gasteiger partial charge in [-0.2, -0.15) is 5.48 Å². The fraction of sp³-hybridized carbons (Fsp3) is 0.500. The molecule has 0 aliphatic carbocycles. The second-order valence-electron chi connectivity index (χ2n) is 2.40. The summed E-state index contributed by atoms with van der Waals surface area (Å²) in [5.74, 6) is 0. The van der Waals surface area contributed by atoms with Gasteiger partial charge in [0.05, 0.1) is 24.5 Å². The van der Waals surface area contributed by atoms with Crippen molar-refractivity contribution >= 4 is 0 Å². The molecule has 0 aliphatic rings. The number of hydroxylamine groups is 1. The minimum Gasteiger partial charge on any atom is -0.301 e. The molecular weight excluding hydrogens is 154 g/mol. The van der Waals surface area contributed by atoms with Crippen LogP contribution >= 0.6 is 0 Å². The third-order valence-electron chi connectivity index (χ3n) is 1.43. The minimum atomic E-state index is 0.0821. The molecule has 0 aliphatic heterocycles. The van der Waals surface area contributed by atoms with Gasteiger partial charge in [0.15, 0.2) is 0 Å². The molecule has 0 bridgehead atoms. The van der Waals surface area contributed by atoms with Gasteiger partial charge < -0.3 is 4.84 Å². The first-order chi connectivity index (χ1) is 5.84. The summed E-state index contributed by atoms with van der Waals surface area (Å²) in [5, 5.41) is 0. The number of nitrogens with one attached hydrogen (secondary N) is 1. The molecule has 1 aromatic rings. The Bertz CT molecular complexity index is 215. The van der Waals surface area contributed by atoms with Crippen molar-refractivity contribution in [3.05, 3.63) is 24.3 Å². The molecule has 12 heavy (non-hydrogen) atoms. The highest BCUT2D eigenvalue weighted by atomic mass is 16.6. The second-order valence-corrected chi connectivity index (χ2v) is 2.40. The SMILES string of the molecule is CCONC(C)c1cnccn1. The number of hydrogen-bond donors (Lipinski definition) is 1. The lowest BCUT2D eigenvalue weighted by Gasteiger charge is -2.10. The van der Waals surface area contributed by atoms with Crippen LogP contribution in [0.4, 0.5) is 0 Å². The van der Waals surface area contributed by atoms with E-state index in [4.69, 9.17) is 4.84 Å². The van der Waals surface area contributed by atoms with E-state index < -0.39 is 0 Å². The van der Waals surface area contributed by atoms with E-state index in [0.29, 0.717) is 6.61 Å². The molecule has 1 unspecified atom stereocenters. The third-order valence-corrected chi connectivity index (χ3v) is 1.43. The van der Waals surface area contributed by atoms with Gasteiger partial charge in [0.25, 0.3) is 0 Å². The fourth-order valence-electron chi connectivity index (χ4n) is 0.803. The molecule has 0 spiro atoms. The van der Waals surface area contributed by atoms with Crippen LogP contribution in [0.25, 0.3) is 0 Å². The Balaban J connectivity index is 2.48. The average molecular weight is 167 g/mol. The zero-order chi connectivity index (χ0) is 8.81. The average Bonchev–Trinajstić information content (AvgIpc) is 2.15. The molecule has 0 radical (unpaired) electrons. The summed E-state index contributed by atoms with van der Waals surface area (Å²) in [6, 6.07) is 0.0821. The van der Waals surface area contributed by atoms with Gasteiger partial charge in [-0.1, -0.05) is 0 Å². The van der Waals surface area contributed by atoms with Crippen LogP contribution in [-0.4, -0.2) is 16.6 Å². The van der Waals surface area contributed by atoms with Gasteiger partial charge in [0.1, 0.15) is 0 Å². The van der Waals surface area contributed by atoms with Crippen LogP contribution in [0.2, 0.25) is 0 Å². The van der Waals surface area contributed by atoms with E-state index in [2.05, 4.69) is 15.4 Å². The topological polar surface area (TPSA) is 47.0 Å². The maximum absolute atomic E-state index is 5.03. The zero-order valence-corrected chi connectivity index (χ0v) is 7.32. The molecule has 0 amide bonds. The predicted molar refractivity (Wildman–Crippen MR) is 45.2 cm³/mol.